The highest BCUT2D eigenvalue weighted by molar-refractivity contribution is 7.98. The van der Waals surface area contributed by atoms with Crippen molar-refractivity contribution in [3.8, 4) is 5.75 Å². The summed E-state index contributed by atoms with van der Waals surface area (Å²) >= 11 is 2.98. The van der Waals surface area contributed by atoms with Crippen LogP contribution >= 0.6 is 23.1 Å². The molecule has 2 aromatic heterocycles. The van der Waals surface area contributed by atoms with Crippen LogP contribution in [0.1, 0.15) is 18.4 Å². The van der Waals surface area contributed by atoms with Gasteiger partial charge in [0, 0.05) is 24.6 Å². The third kappa shape index (κ3) is 4.26. The molecule has 0 atom stereocenters. The smallest absolute Gasteiger partial charge is 0.230 e. The molecule has 1 amide bonds. The number of carbonyl (C=O) groups is 1. The van der Waals surface area contributed by atoms with Gasteiger partial charge in [0.05, 0.1) is 18.5 Å². The van der Waals surface area contributed by atoms with E-state index in [0.717, 1.165) is 16.7 Å². The van der Waals surface area contributed by atoms with Gasteiger partial charge in [-0.2, -0.15) is 0 Å². The number of aromatic nitrogens is 4. The Bertz CT molecular complexity index is 982. The maximum absolute atomic E-state index is 12.3. The molecular formula is C19H21N5O2S2. The molecule has 9 heteroatoms. The highest BCUT2D eigenvalue weighted by Crippen LogP contribution is 2.36. The molecule has 0 N–H and O–H groups in total. The number of thioether (sulfide) groups is 1. The number of benzene rings is 1. The van der Waals surface area contributed by atoms with Crippen molar-refractivity contribution < 1.29 is 9.53 Å². The quantitative estimate of drug-likeness (QED) is 0.405. The second-order valence-electron chi connectivity index (χ2n) is 5.87. The van der Waals surface area contributed by atoms with Gasteiger partial charge in [0.25, 0.3) is 0 Å². The normalized spacial score (nSPS) is 10.7. The lowest BCUT2D eigenvalue weighted by atomic mass is 10.2. The highest BCUT2D eigenvalue weighted by Gasteiger charge is 2.21. The van der Waals surface area contributed by atoms with E-state index in [0.29, 0.717) is 28.9 Å². The Morgan fingerprint density at radius 1 is 1.39 bits per heavy atom. The van der Waals surface area contributed by atoms with Gasteiger partial charge in [0.15, 0.2) is 10.3 Å². The SMILES string of the molecule is C=CCn1c(C)nnc1SCc1csc(N(C(C)=O)c2ccccc2OC)n1. The average molecular weight is 416 g/mol. The van der Waals surface area contributed by atoms with Crippen LogP contribution in [-0.4, -0.2) is 32.8 Å². The molecule has 3 aromatic rings. The number of anilines is 2. The molecule has 0 saturated heterocycles. The Kier molecular flexibility index (Phi) is 6.48. The molecule has 0 radical (unpaired) electrons. The summed E-state index contributed by atoms with van der Waals surface area (Å²) in [4.78, 5) is 18.5. The van der Waals surface area contributed by atoms with Gasteiger partial charge in [-0.15, -0.1) is 28.1 Å². The van der Waals surface area contributed by atoms with Gasteiger partial charge in [0.2, 0.25) is 5.91 Å². The molecule has 0 aliphatic carbocycles. The second kappa shape index (κ2) is 9.03. The number of allylic oxidation sites excluding steroid dienone is 1. The van der Waals surface area contributed by atoms with Crippen molar-refractivity contribution >= 4 is 39.8 Å². The van der Waals surface area contributed by atoms with E-state index in [1.807, 2.05) is 47.2 Å². The Morgan fingerprint density at radius 2 is 2.18 bits per heavy atom. The molecule has 1 aromatic carbocycles. The number of amides is 1. The third-order valence-electron chi connectivity index (χ3n) is 3.93. The molecule has 0 bridgehead atoms. The topological polar surface area (TPSA) is 73.1 Å². The van der Waals surface area contributed by atoms with Crippen molar-refractivity contribution in [1.82, 2.24) is 19.7 Å². The van der Waals surface area contributed by atoms with Crippen LogP contribution in [0, 0.1) is 6.92 Å². The van der Waals surface area contributed by atoms with Crippen molar-refractivity contribution in [2.75, 3.05) is 12.0 Å². The minimum atomic E-state index is -0.126. The van der Waals surface area contributed by atoms with Gasteiger partial charge < -0.3 is 9.30 Å². The summed E-state index contributed by atoms with van der Waals surface area (Å²) in [6.45, 7) is 7.87. The molecule has 0 unspecified atom stereocenters. The van der Waals surface area contributed by atoms with Gasteiger partial charge in [-0.25, -0.2) is 4.98 Å². The number of ether oxygens (including phenoxy) is 1. The van der Waals surface area contributed by atoms with E-state index < -0.39 is 0 Å². The summed E-state index contributed by atoms with van der Waals surface area (Å²) < 4.78 is 7.40. The van der Waals surface area contributed by atoms with Crippen LogP contribution in [0.4, 0.5) is 10.8 Å². The third-order valence-corrected chi connectivity index (χ3v) is 5.81. The van der Waals surface area contributed by atoms with Gasteiger partial charge >= 0.3 is 0 Å². The lowest BCUT2D eigenvalue weighted by molar-refractivity contribution is -0.115. The molecule has 3 rings (SSSR count). The first-order chi connectivity index (χ1) is 13.5. The maximum Gasteiger partial charge on any atom is 0.230 e. The molecular weight excluding hydrogens is 394 g/mol. The van der Waals surface area contributed by atoms with Crippen LogP contribution in [0.2, 0.25) is 0 Å². The highest BCUT2D eigenvalue weighted by atomic mass is 32.2. The van der Waals surface area contributed by atoms with E-state index >= 15 is 0 Å². The van der Waals surface area contributed by atoms with E-state index in [2.05, 4.69) is 21.8 Å². The summed E-state index contributed by atoms with van der Waals surface area (Å²) in [7, 11) is 1.59. The Morgan fingerprint density at radius 3 is 2.89 bits per heavy atom. The van der Waals surface area contributed by atoms with Crippen LogP contribution in [0.5, 0.6) is 5.75 Å². The van der Waals surface area contributed by atoms with E-state index in [4.69, 9.17) is 4.74 Å². The Labute approximate surface area is 172 Å². The van der Waals surface area contributed by atoms with E-state index in [1.165, 1.54) is 18.3 Å². The first-order valence-corrected chi connectivity index (χ1v) is 10.4. The van der Waals surface area contributed by atoms with Crippen LogP contribution in [-0.2, 0) is 17.1 Å². The van der Waals surface area contributed by atoms with Crippen molar-refractivity contribution in [3.05, 3.63) is 53.8 Å². The summed E-state index contributed by atoms with van der Waals surface area (Å²) in [5.41, 5.74) is 1.55. The van der Waals surface area contributed by atoms with Crippen molar-refractivity contribution in [3.63, 3.8) is 0 Å². The monoisotopic (exact) mass is 415 g/mol. The summed E-state index contributed by atoms with van der Waals surface area (Å²) in [6.07, 6.45) is 1.82. The summed E-state index contributed by atoms with van der Waals surface area (Å²) in [6, 6.07) is 7.40. The number of hydrogen-bond donors (Lipinski definition) is 0. The van der Waals surface area contributed by atoms with Gasteiger partial charge in [0.1, 0.15) is 11.6 Å². The molecule has 0 saturated carbocycles. The van der Waals surface area contributed by atoms with Crippen LogP contribution in [0.15, 0.2) is 47.5 Å². The van der Waals surface area contributed by atoms with E-state index in [-0.39, 0.29) is 5.91 Å². The Balaban J connectivity index is 1.80. The van der Waals surface area contributed by atoms with Crippen molar-refractivity contribution in [2.24, 2.45) is 0 Å². The van der Waals surface area contributed by atoms with Crippen LogP contribution < -0.4 is 9.64 Å². The fraction of sp³-hybridized carbons (Fsp3) is 0.263. The minimum absolute atomic E-state index is 0.126. The van der Waals surface area contributed by atoms with Gasteiger partial charge in [-0.3, -0.25) is 9.69 Å². The number of rotatable bonds is 8. The number of aryl methyl sites for hydroxylation is 1. The van der Waals surface area contributed by atoms with Crippen molar-refractivity contribution in [2.45, 2.75) is 31.3 Å². The predicted molar refractivity (Wildman–Crippen MR) is 112 cm³/mol. The number of methoxy groups -OCH3 is 1. The molecule has 7 nitrogen and oxygen atoms in total. The molecule has 28 heavy (non-hydrogen) atoms. The zero-order chi connectivity index (χ0) is 20.1. The van der Waals surface area contributed by atoms with Crippen LogP contribution in [0.3, 0.4) is 0 Å². The molecule has 2 heterocycles. The number of thiazole rings is 1. The van der Waals surface area contributed by atoms with Crippen molar-refractivity contribution in [1.29, 1.82) is 0 Å². The summed E-state index contributed by atoms with van der Waals surface area (Å²) in [5, 5.41) is 11.7. The fourth-order valence-corrected chi connectivity index (χ4v) is 4.50. The number of hydrogen-bond acceptors (Lipinski definition) is 7. The first kappa shape index (κ1) is 20.1. The zero-order valence-electron chi connectivity index (χ0n) is 16.0. The molecule has 0 aliphatic heterocycles. The van der Waals surface area contributed by atoms with E-state index in [1.54, 1.807) is 23.8 Å². The molecule has 146 valence electrons. The lowest BCUT2D eigenvalue weighted by Gasteiger charge is -2.20. The predicted octanol–water partition coefficient (Wildman–Crippen LogP) is 4.21. The summed E-state index contributed by atoms with van der Waals surface area (Å²) in [5.74, 6) is 1.97. The number of para-hydroxylation sites is 2. The van der Waals surface area contributed by atoms with Crippen LogP contribution in [0.25, 0.3) is 0 Å². The van der Waals surface area contributed by atoms with Gasteiger partial charge in [-0.05, 0) is 19.1 Å². The minimum Gasteiger partial charge on any atom is -0.495 e. The zero-order valence-corrected chi connectivity index (χ0v) is 17.6. The molecule has 0 spiro atoms. The number of nitrogens with zero attached hydrogens (tertiary/aromatic N) is 5. The number of carbonyl (C=O) groups excluding carboxylic acids is 1. The maximum atomic E-state index is 12.3. The molecule has 0 aliphatic rings. The first-order valence-electron chi connectivity index (χ1n) is 8.56. The van der Waals surface area contributed by atoms with Gasteiger partial charge in [-0.1, -0.05) is 30.0 Å². The largest absolute Gasteiger partial charge is 0.495 e. The average Bonchev–Trinajstić information content (AvgIpc) is 3.28. The standard InChI is InChI=1S/C19H21N5O2S2/c1-5-10-23-13(2)21-22-19(23)28-12-15-11-27-18(20-15)24(14(3)25)16-8-6-7-9-17(16)26-4/h5-9,11H,1,10,12H2,2-4H3. The molecule has 0 fully saturated rings. The fourth-order valence-electron chi connectivity index (χ4n) is 2.63. The lowest BCUT2D eigenvalue weighted by Crippen LogP contribution is -2.23. The van der Waals surface area contributed by atoms with E-state index in [9.17, 15) is 4.79 Å². The Hall–Kier alpha value is -2.65. The second-order valence-corrected chi connectivity index (χ2v) is 7.64.